The third kappa shape index (κ3) is 3.65. The van der Waals surface area contributed by atoms with Gasteiger partial charge in [0.05, 0.1) is 4.90 Å². The van der Waals surface area contributed by atoms with E-state index < -0.39 is 10.0 Å². The van der Waals surface area contributed by atoms with Crippen LogP contribution in [0.4, 0.5) is 5.95 Å². The SMILES string of the molecule is CCN(CC)C(=O)c1ccc(S(=O)(=O)Nc2nncn2C2CC2)cc1. The van der Waals surface area contributed by atoms with Crippen molar-refractivity contribution in [1.29, 1.82) is 0 Å². The minimum absolute atomic E-state index is 0.0777. The summed E-state index contributed by atoms with van der Waals surface area (Å²) in [4.78, 5) is 14.0. The fourth-order valence-electron chi connectivity index (χ4n) is 2.58. The number of nitrogens with one attached hydrogen (secondary N) is 1. The highest BCUT2D eigenvalue weighted by Gasteiger charge is 2.28. The fourth-order valence-corrected chi connectivity index (χ4v) is 3.58. The first-order valence-corrected chi connectivity index (χ1v) is 9.76. The lowest BCUT2D eigenvalue weighted by Gasteiger charge is -2.18. The van der Waals surface area contributed by atoms with Gasteiger partial charge in [-0.25, -0.2) is 13.1 Å². The van der Waals surface area contributed by atoms with Crippen LogP contribution in [0, 0.1) is 0 Å². The molecule has 0 aliphatic heterocycles. The average molecular weight is 363 g/mol. The van der Waals surface area contributed by atoms with Crippen molar-refractivity contribution in [3.8, 4) is 0 Å². The lowest BCUT2D eigenvalue weighted by atomic mass is 10.2. The van der Waals surface area contributed by atoms with Gasteiger partial charge < -0.3 is 4.90 Å². The van der Waals surface area contributed by atoms with E-state index in [0.29, 0.717) is 18.7 Å². The van der Waals surface area contributed by atoms with Gasteiger partial charge in [-0.1, -0.05) is 0 Å². The summed E-state index contributed by atoms with van der Waals surface area (Å²) in [5, 5.41) is 7.61. The molecule has 1 N–H and O–H groups in total. The number of hydrogen-bond donors (Lipinski definition) is 1. The van der Waals surface area contributed by atoms with Crippen molar-refractivity contribution in [3.05, 3.63) is 36.2 Å². The molecule has 3 rings (SSSR count). The summed E-state index contributed by atoms with van der Waals surface area (Å²) in [5.41, 5.74) is 0.462. The Kier molecular flexibility index (Phi) is 4.76. The second-order valence-electron chi connectivity index (χ2n) is 5.90. The number of sulfonamides is 1. The molecule has 0 atom stereocenters. The number of carbonyl (C=O) groups excluding carboxylic acids is 1. The Hall–Kier alpha value is -2.42. The van der Waals surface area contributed by atoms with Gasteiger partial charge in [0.1, 0.15) is 6.33 Å². The van der Waals surface area contributed by atoms with E-state index in [2.05, 4.69) is 14.9 Å². The summed E-state index contributed by atoms with van der Waals surface area (Å²) in [5.74, 6) is 0.0983. The highest BCUT2D eigenvalue weighted by atomic mass is 32.2. The zero-order valence-electron chi connectivity index (χ0n) is 14.2. The van der Waals surface area contributed by atoms with Crippen molar-refractivity contribution >= 4 is 21.9 Å². The molecule has 134 valence electrons. The third-order valence-electron chi connectivity index (χ3n) is 4.20. The van der Waals surface area contributed by atoms with Crippen LogP contribution >= 0.6 is 0 Å². The minimum Gasteiger partial charge on any atom is -0.339 e. The second-order valence-corrected chi connectivity index (χ2v) is 7.58. The lowest BCUT2D eigenvalue weighted by molar-refractivity contribution is 0.0773. The van der Waals surface area contributed by atoms with E-state index in [0.717, 1.165) is 12.8 Å². The number of nitrogens with zero attached hydrogens (tertiary/aromatic N) is 4. The Bertz CT molecular complexity index is 852. The second kappa shape index (κ2) is 6.83. The quantitative estimate of drug-likeness (QED) is 0.810. The van der Waals surface area contributed by atoms with Gasteiger partial charge >= 0.3 is 0 Å². The summed E-state index contributed by atoms with van der Waals surface area (Å²) in [6.45, 7) is 5.02. The molecule has 1 amide bonds. The molecule has 1 fully saturated rings. The Morgan fingerprint density at radius 1 is 1.24 bits per heavy atom. The zero-order chi connectivity index (χ0) is 18.0. The van der Waals surface area contributed by atoms with E-state index in [4.69, 9.17) is 0 Å². The number of amides is 1. The van der Waals surface area contributed by atoms with Crippen molar-refractivity contribution in [2.24, 2.45) is 0 Å². The maximum absolute atomic E-state index is 12.5. The average Bonchev–Trinajstić information content (AvgIpc) is 3.35. The largest absolute Gasteiger partial charge is 0.339 e. The van der Waals surface area contributed by atoms with Gasteiger partial charge in [-0.3, -0.25) is 9.36 Å². The first-order valence-electron chi connectivity index (χ1n) is 8.28. The van der Waals surface area contributed by atoms with Gasteiger partial charge in [0.2, 0.25) is 5.95 Å². The van der Waals surface area contributed by atoms with Gasteiger partial charge in [-0.2, -0.15) is 0 Å². The number of hydrogen-bond acceptors (Lipinski definition) is 5. The predicted molar refractivity (Wildman–Crippen MR) is 92.8 cm³/mol. The van der Waals surface area contributed by atoms with E-state index in [9.17, 15) is 13.2 Å². The van der Waals surface area contributed by atoms with Crippen LogP contribution in [-0.4, -0.2) is 47.1 Å². The van der Waals surface area contributed by atoms with Crippen LogP contribution in [-0.2, 0) is 10.0 Å². The predicted octanol–water partition coefficient (Wildman–Crippen LogP) is 1.90. The van der Waals surface area contributed by atoms with Gasteiger partial charge in [0.15, 0.2) is 0 Å². The number of rotatable bonds is 7. The van der Waals surface area contributed by atoms with E-state index in [-0.39, 0.29) is 22.8 Å². The Morgan fingerprint density at radius 3 is 2.44 bits per heavy atom. The smallest absolute Gasteiger partial charge is 0.264 e. The van der Waals surface area contributed by atoms with Crippen LogP contribution in [0.3, 0.4) is 0 Å². The molecule has 2 aromatic rings. The molecular formula is C16H21N5O3S. The number of anilines is 1. The summed E-state index contributed by atoms with van der Waals surface area (Å²) >= 11 is 0. The molecule has 0 spiro atoms. The number of benzene rings is 1. The van der Waals surface area contributed by atoms with E-state index >= 15 is 0 Å². The summed E-state index contributed by atoms with van der Waals surface area (Å²) < 4.78 is 29.3. The van der Waals surface area contributed by atoms with Gasteiger partial charge in [0.25, 0.3) is 15.9 Å². The molecule has 0 unspecified atom stereocenters. The lowest BCUT2D eigenvalue weighted by Crippen LogP contribution is -2.30. The fraction of sp³-hybridized carbons (Fsp3) is 0.438. The maximum atomic E-state index is 12.5. The van der Waals surface area contributed by atoms with Crippen molar-refractivity contribution in [2.45, 2.75) is 37.6 Å². The van der Waals surface area contributed by atoms with Gasteiger partial charge in [-0.05, 0) is 51.0 Å². The van der Waals surface area contributed by atoms with E-state index in [1.807, 2.05) is 13.8 Å². The molecule has 1 heterocycles. The Labute approximate surface area is 146 Å². The van der Waals surface area contributed by atoms with Gasteiger partial charge in [-0.15, -0.1) is 10.2 Å². The van der Waals surface area contributed by atoms with Crippen molar-refractivity contribution in [2.75, 3.05) is 17.8 Å². The van der Waals surface area contributed by atoms with Gasteiger partial charge in [0, 0.05) is 24.7 Å². The van der Waals surface area contributed by atoms with Crippen molar-refractivity contribution in [1.82, 2.24) is 19.7 Å². The van der Waals surface area contributed by atoms with E-state index in [1.54, 1.807) is 9.47 Å². The molecular weight excluding hydrogens is 342 g/mol. The van der Waals surface area contributed by atoms with Crippen molar-refractivity contribution < 1.29 is 13.2 Å². The topological polar surface area (TPSA) is 97.2 Å². The maximum Gasteiger partial charge on any atom is 0.264 e. The molecule has 25 heavy (non-hydrogen) atoms. The Balaban J connectivity index is 1.78. The van der Waals surface area contributed by atoms with Crippen LogP contribution < -0.4 is 4.72 Å². The minimum atomic E-state index is -3.78. The Morgan fingerprint density at radius 2 is 1.88 bits per heavy atom. The molecule has 1 aromatic carbocycles. The zero-order valence-corrected chi connectivity index (χ0v) is 15.0. The molecule has 0 radical (unpaired) electrons. The van der Waals surface area contributed by atoms with Crippen LogP contribution in [0.1, 0.15) is 43.1 Å². The molecule has 1 aliphatic rings. The highest BCUT2D eigenvalue weighted by Crippen LogP contribution is 2.36. The van der Waals surface area contributed by atoms with Crippen LogP contribution in [0.2, 0.25) is 0 Å². The monoisotopic (exact) mass is 363 g/mol. The molecule has 0 saturated heterocycles. The summed E-state index contributed by atoms with van der Waals surface area (Å²) in [6, 6.07) is 6.18. The molecule has 9 heteroatoms. The molecule has 8 nitrogen and oxygen atoms in total. The molecule has 1 saturated carbocycles. The number of carbonyl (C=O) groups is 1. The summed E-state index contributed by atoms with van der Waals surface area (Å²) in [6.07, 6.45) is 3.52. The molecule has 1 aliphatic carbocycles. The third-order valence-corrected chi connectivity index (χ3v) is 5.55. The van der Waals surface area contributed by atoms with Crippen LogP contribution in [0.15, 0.2) is 35.5 Å². The molecule has 1 aromatic heterocycles. The summed E-state index contributed by atoms with van der Waals surface area (Å²) in [7, 11) is -3.78. The normalized spacial score (nSPS) is 14.3. The molecule has 0 bridgehead atoms. The first-order chi connectivity index (χ1) is 12.0. The van der Waals surface area contributed by atoms with Crippen LogP contribution in [0.25, 0.3) is 0 Å². The highest BCUT2D eigenvalue weighted by molar-refractivity contribution is 7.92. The van der Waals surface area contributed by atoms with E-state index in [1.165, 1.54) is 30.6 Å². The number of aromatic nitrogens is 3. The standard InChI is InChI=1S/C16H21N5O3S/c1-3-20(4-2)15(22)12-5-9-14(10-6-12)25(23,24)19-16-18-17-11-21(16)13-7-8-13/h5-6,9-11,13H,3-4,7-8H2,1-2H3,(H,18,19). The van der Waals surface area contributed by atoms with Crippen molar-refractivity contribution in [3.63, 3.8) is 0 Å². The van der Waals surface area contributed by atoms with Crippen LogP contribution in [0.5, 0.6) is 0 Å². The first kappa shape index (κ1) is 17.4.